The number of halogens is 1. The van der Waals surface area contributed by atoms with Crippen molar-refractivity contribution >= 4 is 34.8 Å². The monoisotopic (exact) mass is 313 g/mol. The van der Waals surface area contributed by atoms with E-state index in [1.54, 1.807) is 12.1 Å². The molecule has 0 radical (unpaired) electrons. The number of carbonyl (C=O) groups is 1. The summed E-state index contributed by atoms with van der Waals surface area (Å²) < 4.78 is 11.1. The fourth-order valence-corrected chi connectivity index (χ4v) is 2.80. The maximum absolute atomic E-state index is 12.2. The van der Waals surface area contributed by atoms with Gasteiger partial charge in [0.25, 0.3) is 5.91 Å². The molecule has 22 heavy (non-hydrogen) atoms. The number of carbonyl (C=O) groups excluding carboxylic acids is 1. The molecule has 0 saturated carbocycles. The smallest absolute Gasteiger partial charge is 0.256 e. The Morgan fingerprint density at radius 2 is 1.86 bits per heavy atom. The fourth-order valence-electron chi connectivity index (χ4n) is 2.63. The van der Waals surface area contributed by atoms with E-state index in [4.69, 9.17) is 21.1 Å². The van der Waals surface area contributed by atoms with Gasteiger partial charge in [-0.05, 0) is 35.9 Å². The molecule has 0 bridgehead atoms. The van der Waals surface area contributed by atoms with Crippen molar-refractivity contribution in [2.24, 2.45) is 0 Å². The topological polar surface area (TPSA) is 47.6 Å². The Hall–Kier alpha value is -2.46. The summed E-state index contributed by atoms with van der Waals surface area (Å²) in [7, 11) is 0. The maximum atomic E-state index is 12.2. The number of rotatable bonds is 1. The third-order valence-corrected chi connectivity index (χ3v) is 3.88. The van der Waals surface area contributed by atoms with Crippen molar-refractivity contribution in [2.75, 3.05) is 18.5 Å². The van der Waals surface area contributed by atoms with Gasteiger partial charge in [0.1, 0.15) is 13.2 Å². The molecule has 2 aliphatic rings. The highest BCUT2D eigenvalue weighted by Gasteiger charge is 2.24. The molecule has 2 aromatic rings. The first-order valence-corrected chi connectivity index (χ1v) is 7.31. The molecule has 1 N–H and O–H groups in total. The molecule has 0 aromatic heterocycles. The first-order chi connectivity index (χ1) is 10.7. The third kappa shape index (κ3) is 2.22. The molecule has 5 heteroatoms. The van der Waals surface area contributed by atoms with Crippen molar-refractivity contribution in [3.05, 3.63) is 52.5 Å². The van der Waals surface area contributed by atoms with Crippen LogP contribution in [0, 0.1) is 0 Å². The lowest BCUT2D eigenvalue weighted by Gasteiger charge is -2.18. The largest absolute Gasteiger partial charge is 0.486 e. The van der Waals surface area contributed by atoms with E-state index in [1.807, 2.05) is 30.3 Å². The zero-order valence-electron chi connectivity index (χ0n) is 11.6. The van der Waals surface area contributed by atoms with Crippen molar-refractivity contribution in [1.82, 2.24) is 0 Å². The van der Waals surface area contributed by atoms with Crippen LogP contribution in [0.15, 0.2) is 36.4 Å². The Morgan fingerprint density at radius 1 is 1.05 bits per heavy atom. The van der Waals surface area contributed by atoms with E-state index >= 15 is 0 Å². The molecule has 0 unspecified atom stereocenters. The highest BCUT2D eigenvalue weighted by molar-refractivity contribution is 6.36. The van der Waals surface area contributed by atoms with E-state index in [9.17, 15) is 4.79 Å². The van der Waals surface area contributed by atoms with Gasteiger partial charge in [-0.1, -0.05) is 23.7 Å². The lowest BCUT2D eigenvalue weighted by atomic mass is 10.0. The minimum Gasteiger partial charge on any atom is -0.486 e. The van der Waals surface area contributed by atoms with E-state index in [-0.39, 0.29) is 5.91 Å². The van der Waals surface area contributed by atoms with Crippen LogP contribution in [0.25, 0.3) is 11.6 Å². The van der Waals surface area contributed by atoms with Gasteiger partial charge < -0.3 is 14.8 Å². The first-order valence-electron chi connectivity index (χ1n) is 6.93. The summed E-state index contributed by atoms with van der Waals surface area (Å²) >= 11 is 5.96. The molecule has 0 fully saturated rings. The van der Waals surface area contributed by atoms with Crippen LogP contribution < -0.4 is 14.8 Å². The van der Waals surface area contributed by atoms with Crippen LogP contribution in [0.5, 0.6) is 11.5 Å². The summed E-state index contributed by atoms with van der Waals surface area (Å²) in [5.41, 5.74) is 3.09. The van der Waals surface area contributed by atoms with E-state index in [1.165, 1.54) is 0 Å². The van der Waals surface area contributed by atoms with Crippen molar-refractivity contribution in [2.45, 2.75) is 0 Å². The number of nitrogens with one attached hydrogen (secondary N) is 1. The molecule has 0 aliphatic carbocycles. The van der Waals surface area contributed by atoms with Crippen LogP contribution >= 0.6 is 11.6 Å². The highest BCUT2D eigenvalue weighted by atomic mass is 35.5. The van der Waals surface area contributed by atoms with Crippen LogP contribution in [-0.4, -0.2) is 19.1 Å². The molecule has 2 heterocycles. The Bertz CT molecular complexity index is 814. The van der Waals surface area contributed by atoms with Gasteiger partial charge in [-0.2, -0.15) is 0 Å². The molecule has 1 amide bonds. The normalized spacial score (nSPS) is 17.3. The Labute approximate surface area is 132 Å². The summed E-state index contributed by atoms with van der Waals surface area (Å²) in [6.07, 6.45) is 1.84. The van der Waals surface area contributed by atoms with Crippen molar-refractivity contribution in [3.8, 4) is 11.5 Å². The van der Waals surface area contributed by atoms with Crippen LogP contribution in [-0.2, 0) is 4.79 Å². The molecule has 4 nitrogen and oxygen atoms in total. The van der Waals surface area contributed by atoms with Crippen molar-refractivity contribution < 1.29 is 14.3 Å². The second-order valence-corrected chi connectivity index (χ2v) is 5.54. The number of hydrogen-bond acceptors (Lipinski definition) is 3. The zero-order chi connectivity index (χ0) is 15.1. The number of hydrogen-bond donors (Lipinski definition) is 1. The summed E-state index contributed by atoms with van der Waals surface area (Å²) in [6, 6.07) is 11.0. The zero-order valence-corrected chi connectivity index (χ0v) is 12.3. The SMILES string of the molecule is O=C1Nc2cc(Cl)ccc2/C1=C/c1ccc2c(c1)OCCO2. The maximum Gasteiger partial charge on any atom is 0.256 e. The molecule has 0 saturated heterocycles. The van der Waals surface area contributed by atoms with Gasteiger partial charge in [0, 0.05) is 16.2 Å². The average molecular weight is 314 g/mol. The predicted molar refractivity (Wildman–Crippen MR) is 85.4 cm³/mol. The highest BCUT2D eigenvalue weighted by Crippen LogP contribution is 2.36. The standard InChI is InChI=1S/C17H12ClNO3/c18-11-2-3-12-13(17(20)19-14(12)9-11)7-10-1-4-15-16(8-10)22-6-5-21-15/h1-4,7-9H,5-6H2,(H,19,20)/b13-7-. The third-order valence-electron chi connectivity index (χ3n) is 3.64. The van der Waals surface area contributed by atoms with Gasteiger partial charge in [-0.25, -0.2) is 0 Å². The molecule has 0 atom stereocenters. The Kier molecular flexibility index (Phi) is 3.05. The number of amides is 1. The minimum atomic E-state index is -0.132. The second kappa shape index (κ2) is 5.07. The van der Waals surface area contributed by atoms with Crippen molar-refractivity contribution in [1.29, 1.82) is 0 Å². The molecular formula is C17H12ClNO3. The summed E-state index contributed by atoms with van der Waals surface area (Å²) in [5, 5.41) is 3.42. The van der Waals surface area contributed by atoms with Gasteiger partial charge in [0.2, 0.25) is 0 Å². The molecule has 110 valence electrons. The molecule has 4 rings (SSSR count). The van der Waals surface area contributed by atoms with Gasteiger partial charge in [-0.3, -0.25) is 4.79 Å². The number of fused-ring (bicyclic) bond motifs is 2. The quantitative estimate of drug-likeness (QED) is 0.818. The first kappa shape index (κ1) is 13.2. The van der Waals surface area contributed by atoms with Gasteiger partial charge in [-0.15, -0.1) is 0 Å². The average Bonchev–Trinajstić information content (AvgIpc) is 2.82. The lowest BCUT2D eigenvalue weighted by Crippen LogP contribution is -2.15. The van der Waals surface area contributed by atoms with Gasteiger partial charge >= 0.3 is 0 Å². The van der Waals surface area contributed by atoms with Crippen molar-refractivity contribution in [3.63, 3.8) is 0 Å². The summed E-state index contributed by atoms with van der Waals surface area (Å²) in [4.78, 5) is 12.2. The summed E-state index contributed by atoms with van der Waals surface area (Å²) in [6.45, 7) is 1.10. The second-order valence-electron chi connectivity index (χ2n) is 5.11. The molecule has 0 spiro atoms. The number of anilines is 1. The van der Waals surface area contributed by atoms with Crippen LogP contribution in [0.4, 0.5) is 5.69 Å². The van der Waals surface area contributed by atoms with E-state index in [0.29, 0.717) is 29.6 Å². The lowest BCUT2D eigenvalue weighted by molar-refractivity contribution is -0.110. The predicted octanol–water partition coefficient (Wildman–Crippen LogP) is 3.60. The van der Waals surface area contributed by atoms with Crippen LogP contribution in [0.3, 0.4) is 0 Å². The molecule has 2 aliphatic heterocycles. The van der Waals surface area contributed by atoms with Gasteiger partial charge in [0.05, 0.1) is 5.69 Å². The van der Waals surface area contributed by atoms with Gasteiger partial charge in [0.15, 0.2) is 11.5 Å². The van der Waals surface area contributed by atoms with Crippen LogP contribution in [0.2, 0.25) is 5.02 Å². The minimum absolute atomic E-state index is 0.132. The fraction of sp³-hybridized carbons (Fsp3) is 0.118. The number of benzene rings is 2. The molecule has 2 aromatic carbocycles. The van der Waals surface area contributed by atoms with Crippen LogP contribution in [0.1, 0.15) is 11.1 Å². The van der Waals surface area contributed by atoms with E-state index < -0.39 is 0 Å². The van der Waals surface area contributed by atoms with E-state index in [2.05, 4.69) is 5.32 Å². The Balaban J connectivity index is 1.76. The summed E-state index contributed by atoms with van der Waals surface area (Å²) in [5.74, 6) is 1.30. The molecular weight excluding hydrogens is 302 g/mol. The Morgan fingerprint density at radius 3 is 2.73 bits per heavy atom. The van der Waals surface area contributed by atoms with E-state index in [0.717, 1.165) is 22.6 Å². The number of ether oxygens (including phenoxy) is 2.